The maximum absolute atomic E-state index is 5.91. The maximum Gasteiger partial charge on any atom is 0.0811 e. The Balaban J connectivity index is 2.20. The van der Waals surface area contributed by atoms with Crippen molar-refractivity contribution in [3.8, 4) is 0 Å². The predicted molar refractivity (Wildman–Crippen MR) is 70.3 cm³/mol. The van der Waals surface area contributed by atoms with E-state index in [1.165, 1.54) is 0 Å². The average molecular weight is 252 g/mol. The second-order valence-electron chi connectivity index (χ2n) is 5.02. The number of ether oxygens (including phenoxy) is 1. The molecule has 3 unspecified atom stereocenters. The predicted octanol–water partition coefficient (Wildman–Crippen LogP) is 1.76. The highest BCUT2D eigenvalue weighted by molar-refractivity contribution is 5.07. The molecule has 5 heteroatoms. The number of rotatable bonds is 6. The molecule has 0 radical (unpaired) electrons. The third-order valence-electron chi connectivity index (χ3n) is 3.60. The molecule has 1 N–H and O–H groups in total. The molecule has 1 aromatic heterocycles. The van der Waals surface area contributed by atoms with Crippen molar-refractivity contribution in [2.24, 2.45) is 5.92 Å². The van der Waals surface area contributed by atoms with Crippen LogP contribution in [0.3, 0.4) is 0 Å². The highest BCUT2D eigenvalue weighted by Gasteiger charge is 2.34. The van der Waals surface area contributed by atoms with E-state index in [1.807, 2.05) is 10.9 Å². The fourth-order valence-corrected chi connectivity index (χ4v) is 2.64. The van der Waals surface area contributed by atoms with Crippen LogP contribution in [-0.2, 0) is 11.3 Å². The van der Waals surface area contributed by atoms with Crippen LogP contribution in [0.2, 0.25) is 0 Å². The zero-order chi connectivity index (χ0) is 13.0. The third-order valence-corrected chi connectivity index (χ3v) is 3.60. The van der Waals surface area contributed by atoms with Crippen LogP contribution in [0, 0.1) is 5.92 Å². The quantitative estimate of drug-likeness (QED) is 0.838. The van der Waals surface area contributed by atoms with Gasteiger partial charge in [0.15, 0.2) is 0 Å². The van der Waals surface area contributed by atoms with E-state index >= 15 is 0 Å². The number of hydrogen-bond donors (Lipinski definition) is 1. The van der Waals surface area contributed by atoms with E-state index in [9.17, 15) is 0 Å². The standard InChI is InChI=1S/C13H24N4O/c1-4-7-17-11(9-15-16-17)12(14-5-2)13-10(3)6-8-18-13/h9-10,12-14H,4-8H2,1-3H3. The van der Waals surface area contributed by atoms with Gasteiger partial charge in [-0.25, -0.2) is 4.68 Å². The van der Waals surface area contributed by atoms with Crippen molar-refractivity contribution < 1.29 is 4.74 Å². The minimum Gasteiger partial charge on any atom is -0.376 e. The highest BCUT2D eigenvalue weighted by atomic mass is 16.5. The number of nitrogens with zero attached hydrogens (tertiary/aromatic N) is 3. The third kappa shape index (κ3) is 2.72. The lowest BCUT2D eigenvalue weighted by molar-refractivity contribution is 0.0584. The molecule has 1 saturated heterocycles. The molecule has 1 aliphatic heterocycles. The molecule has 0 aromatic carbocycles. The molecule has 102 valence electrons. The Morgan fingerprint density at radius 3 is 3.00 bits per heavy atom. The molecular formula is C13H24N4O. The molecule has 3 atom stereocenters. The van der Waals surface area contributed by atoms with Crippen molar-refractivity contribution in [2.75, 3.05) is 13.2 Å². The van der Waals surface area contributed by atoms with Gasteiger partial charge in [-0.3, -0.25) is 0 Å². The van der Waals surface area contributed by atoms with Gasteiger partial charge in [0.05, 0.1) is 24.0 Å². The molecule has 18 heavy (non-hydrogen) atoms. The molecule has 1 aliphatic rings. The maximum atomic E-state index is 5.91. The number of aryl methyl sites for hydroxylation is 1. The lowest BCUT2D eigenvalue weighted by Gasteiger charge is -2.27. The van der Waals surface area contributed by atoms with E-state index < -0.39 is 0 Å². The monoisotopic (exact) mass is 252 g/mol. The number of likely N-dealkylation sites (N-methyl/N-ethyl adjacent to an activating group) is 1. The first-order valence-corrected chi connectivity index (χ1v) is 7.01. The molecule has 0 spiro atoms. The summed E-state index contributed by atoms with van der Waals surface area (Å²) in [5.41, 5.74) is 1.15. The van der Waals surface area contributed by atoms with Crippen molar-refractivity contribution >= 4 is 0 Å². The van der Waals surface area contributed by atoms with Gasteiger partial charge in [0.2, 0.25) is 0 Å². The minimum atomic E-state index is 0.203. The largest absolute Gasteiger partial charge is 0.376 e. The lowest BCUT2D eigenvalue weighted by atomic mass is 9.95. The van der Waals surface area contributed by atoms with Crippen molar-refractivity contribution in [2.45, 2.75) is 52.3 Å². The van der Waals surface area contributed by atoms with Gasteiger partial charge >= 0.3 is 0 Å². The Morgan fingerprint density at radius 2 is 2.39 bits per heavy atom. The van der Waals surface area contributed by atoms with Crippen molar-refractivity contribution in [1.82, 2.24) is 20.3 Å². The molecule has 0 amide bonds. The summed E-state index contributed by atoms with van der Waals surface area (Å²) in [5, 5.41) is 11.8. The van der Waals surface area contributed by atoms with Gasteiger partial charge in [-0.2, -0.15) is 0 Å². The van der Waals surface area contributed by atoms with E-state index in [-0.39, 0.29) is 12.1 Å². The average Bonchev–Trinajstić information content (AvgIpc) is 2.96. The smallest absolute Gasteiger partial charge is 0.0811 e. The van der Waals surface area contributed by atoms with Crippen molar-refractivity contribution in [1.29, 1.82) is 0 Å². The normalized spacial score (nSPS) is 25.5. The molecule has 2 rings (SSSR count). The van der Waals surface area contributed by atoms with E-state index in [2.05, 4.69) is 36.4 Å². The summed E-state index contributed by atoms with van der Waals surface area (Å²) in [7, 11) is 0. The Hall–Kier alpha value is -0.940. The molecule has 0 aliphatic carbocycles. The summed E-state index contributed by atoms with van der Waals surface area (Å²) in [4.78, 5) is 0. The van der Waals surface area contributed by atoms with Crippen LogP contribution in [0.25, 0.3) is 0 Å². The summed E-state index contributed by atoms with van der Waals surface area (Å²) >= 11 is 0. The van der Waals surface area contributed by atoms with Crippen molar-refractivity contribution in [3.05, 3.63) is 11.9 Å². The van der Waals surface area contributed by atoms with Gasteiger partial charge < -0.3 is 10.1 Å². The van der Waals surface area contributed by atoms with Gasteiger partial charge in [0.25, 0.3) is 0 Å². The first kappa shape index (κ1) is 13.5. The Morgan fingerprint density at radius 1 is 1.56 bits per heavy atom. The number of nitrogens with one attached hydrogen (secondary N) is 1. The molecular weight excluding hydrogens is 228 g/mol. The molecule has 1 aromatic rings. The van der Waals surface area contributed by atoms with Gasteiger partial charge in [-0.05, 0) is 25.3 Å². The molecule has 5 nitrogen and oxygen atoms in total. The van der Waals surface area contributed by atoms with Gasteiger partial charge in [-0.15, -0.1) is 5.10 Å². The topological polar surface area (TPSA) is 52.0 Å². The van der Waals surface area contributed by atoms with Gasteiger partial charge in [-0.1, -0.05) is 26.0 Å². The molecule has 0 bridgehead atoms. The van der Waals surface area contributed by atoms with Crippen LogP contribution in [0.5, 0.6) is 0 Å². The second-order valence-corrected chi connectivity index (χ2v) is 5.02. The number of aromatic nitrogens is 3. The molecule has 1 fully saturated rings. The van der Waals surface area contributed by atoms with E-state index in [1.54, 1.807) is 0 Å². The lowest BCUT2D eigenvalue weighted by Crippen LogP contribution is -2.36. The van der Waals surface area contributed by atoms with Crippen LogP contribution in [0.15, 0.2) is 6.20 Å². The zero-order valence-electron chi connectivity index (χ0n) is 11.6. The summed E-state index contributed by atoms with van der Waals surface area (Å²) in [6.07, 6.45) is 4.31. The first-order chi connectivity index (χ1) is 8.77. The Bertz CT molecular complexity index is 366. The SMILES string of the molecule is CCCn1nncc1C(NCC)C1OCCC1C. The highest BCUT2D eigenvalue weighted by Crippen LogP contribution is 2.30. The fourth-order valence-electron chi connectivity index (χ4n) is 2.64. The van der Waals surface area contributed by atoms with Crippen LogP contribution >= 0.6 is 0 Å². The van der Waals surface area contributed by atoms with Crippen LogP contribution in [0.4, 0.5) is 0 Å². The number of hydrogen-bond acceptors (Lipinski definition) is 4. The van der Waals surface area contributed by atoms with Crippen LogP contribution in [0.1, 0.15) is 45.3 Å². The van der Waals surface area contributed by atoms with Gasteiger partial charge in [0, 0.05) is 13.2 Å². The summed E-state index contributed by atoms with van der Waals surface area (Å²) in [6.45, 7) is 9.24. The van der Waals surface area contributed by atoms with E-state index in [0.29, 0.717) is 5.92 Å². The minimum absolute atomic E-state index is 0.203. The molecule has 0 saturated carbocycles. The van der Waals surface area contributed by atoms with Crippen LogP contribution in [-0.4, -0.2) is 34.2 Å². The Kier molecular flexibility index (Phi) is 4.72. The van der Waals surface area contributed by atoms with Crippen LogP contribution < -0.4 is 5.32 Å². The summed E-state index contributed by atoms with van der Waals surface area (Å²) < 4.78 is 7.91. The van der Waals surface area contributed by atoms with Crippen molar-refractivity contribution in [3.63, 3.8) is 0 Å². The van der Waals surface area contributed by atoms with E-state index in [0.717, 1.165) is 38.2 Å². The summed E-state index contributed by atoms with van der Waals surface area (Å²) in [6, 6.07) is 0.203. The zero-order valence-corrected chi connectivity index (χ0v) is 11.6. The Labute approximate surface area is 109 Å². The molecule has 2 heterocycles. The second kappa shape index (κ2) is 6.29. The van der Waals surface area contributed by atoms with E-state index in [4.69, 9.17) is 4.74 Å². The fraction of sp³-hybridized carbons (Fsp3) is 0.846. The summed E-state index contributed by atoms with van der Waals surface area (Å²) in [5.74, 6) is 0.582. The first-order valence-electron chi connectivity index (χ1n) is 7.01. The van der Waals surface area contributed by atoms with Gasteiger partial charge in [0.1, 0.15) is 0 Å².